The zero-order valence-corrected chi connectivity index (χ0v) is 16.6. The van der Waals surface area contributed by atoms with Crippen LogP contribution < -0.4 is 10.1 Å². The van der Waals surface area contributed by atoms with E-state index in [0.29, 0.717) is 35.4 Å². The van der Waals surface area contributed by atoms with Crippen molar-refractivity contribution in [1.82, 2.24) is 20.4 Å². The summed E-state index contributed by atoms with van der Waals surface area (Å²) < 4.78 is 11.2. The maximum Gasteiger partial charge on any atom is 0.251 e. The molecule has 2 amide bonds. The monoisotopic (exact) mass is 398 g/mol. The Labute approximate surface area is 169 Å². The van der Waals surface area contributed by atoms with Gasteiger partial charge in [-0.1, -0.05) is 18.1 Å². The summed E-state index contributed by atoms with van der Waals surface area (Å²) in [7, 11) is 0. The predicted octanol–water partition coefficient (Wildman–Crippen LogP) is 2.34. The first-order valence-electron chi connectivity index (χ1n) is 10.3. The number of ether oxygens (including phenoxy) is 1. The summed E-state index contributed by atoms with van der Waals surface area (Å²) in [5.74, 6) is 2.01. The smallest absolute Gasteiger partial charge is 0.251 e. The zero-order chi connectivity index (χ0) is 20.2. The average Bonchev–Trinajstić information content (AvgIpc) is 3.50. The van der Waals surface area contributed by atoms with Crippen molar-refractivity contribution in [2.24, 2.45) is 5.92 Å². The molecule has 29 heavy (non-hydrogen) atoms. The number of carbonyl (C=O) groups excluding carboxylic acids is 2. The van der Waals surface area contributed by atoms with E-state index in [-0.39, 0.29) is 24.5 Å². The van der Waals surface area contributed by atoms with Crippen LogP contribution in [-0.4, -0.2) is 46.0 Å². The summed E-state index contributed by atoms with van der Waals surface area (Å²) in [6, 6.07) is 7.13. The number of nitrogens with one attached hydrogen (secondary N) is 1. The van der Waals surface area contributed by atoms with E-state index in [1.54, 1.807) is 18.2 Å². The number of carbonyl (C=O) groups is 2. The van der Waals surface area contributed by atoms with Crippen LogP contribution in [0.2, 0.25) is 0 Å². The molecule has 2 aliphatic rings. The largest absolute Gasteiger partial charge is 0.490 e. The number of nitrogens with zero attached hydrogens (tertiary/aromatic N) is 3. The van der Waals surface area contributed by atoms with Crippen molar-refractivity contribution in [3.63, 3.8) is 0 Å². The van der Waals surface area contributed by atoms with Gasteiger partial charge in [-0.05, 0) is 31.0 Å². The van der Waals surface area contributed by atoms with Gasteiger partial charge in [0.25, 0.3) is 5.91 Å². The van der Waals surface area contributed by atoms with Crippen LogP contribution in [-0.2, 0) is 17.8 Å². The molecule has 154 valence electrons. The predicted molar refractivity (Wildman–Crippen MR) is 104 cm³/mol. The molecule has 2 aromatic rings. The van der Waals surface area contributed by atoms with Gasteiger partial charge in [-0.15, -0.1) is 0 Å². The molecule has 8 nitrogen and oxygen atoms in total. The van der Waals surface area contributed by atoms with Gasteiger partial charge in [-0.3, -0.25) is 9.59 Å². The molecule has 1 aliphatic carbocycles. The molecular weight excluding hydrogens is 372 g/mol. The van der Waals surface area contributed by atoms with E-state index in [1.165, 1.54) is 0 Å². The summed E-state index contributed by atoms with van der Waals surface area (Å²) in [4.78, 5) is 30.7. The Kier molecular flexibility index (Phi) is 5.78. The number of piperidine rings is 1. The maximum absolute atomic E-state index is 12.4. The number of hydrogen-bond acceptors (Lipinski definition) is 6. The van der Waals surface area contributed by atoms with E-state index >= 15 is 0 Å². The molecule has 0 radical (unpaired) electrons. The van der Waals surface area contributed by atoms with Crippen molar-refractivity contribution >= 4 is 11.8 Å². The third-order valence-corrected chi connectivity index (χ3v) is 5.31. The lowest BCUT2D eigenvalue weighted by Crippen LogP contribution is -2.42. The molecule has 0 atom stereocenters. The Morgan fingerprint density at radius 1 is 1.24 bits per heavy atom. The van der Waals surface area contributed by atoms with Gasteiger partial charge in [-0.25, -0.2) is 0 Å². The highest BCUT2D eigenvalue weighted by atomic mass is 16.5. The van der Waals surface area contributed by atoms with Crippen LogP contribution in [0.5, 0.6) is 5.75 Å². The summed E-state index contributed by atoms with van der Waals surface area (Å²) in [5.41, 5.74) is 0.513. The molecule has 1 aliphatic heterocycles. The van der Waals surface area contributed by atoms with Crippen molar-refractivity contribution in [3.05, 3.63) is 41.5 Å². The summed E-state index contributed by atoms with van der Waals surface area (Å²) in [5, 5.41) is 6.60. The molecule has 1 saturated heterocycles. The van der Waals surface area contributed by atoms with Gasteiger partial charge in [0.05, 0.1) is 6.54 Å². The number of hydrogen-bond donors (Lipinski definition) is 1. The second-order valence-corrected chi connectivity index (χ2v) is 7.59. The Balaban J connectivity index is 1.28. The number of amides is 2. The maximum atomic E-state index is 12.4. The molecule has 0 bridgehead atoms. The molecule has 2 fully saturated rings. The minimum Gasteiger partial charge on any atom is -0.490 e. The van der Waals surface area contributed by atoms with Crippen molar-refractivity contribution < 1.29 is 18.8 Å². The normalized spacial score (nSPS) is 17.2. The number of aryl methyl sites for hydroxylation is 1. The van der Waals surface area contributed by atoms with Crippen LogP contribution in [0.25, 0.3) is 0 Å². The lowest BCUT2D eigenvalue weighted by Gasteiger charge is -2.32. The van der Waals surface area contributed by atoms with E-state index in [1.807, 2.05) is 17.9 Å². The fourth-order valence-corrected chi connectivity index (χ4v) is 3.45. The minimum atomic E-state index is -0.225. The van der Waals surface area contributed by atoms with Gasteiger partial charge >= 0.3 is 0 Å². The van der Waals surface area contributed by atoms with E-state index in [4.69, 9.17) is 9.26 Å². The Hall–Kier alpha value is -2.90. The van der Waals surface area contributed by atoms with E-state index < -0.39 is 0 Å². The highest BCUT2D eigenvalue weighted by Gasteiger charge is 2.35. The van der Waals surface area contributed by atoms with Crippen LogP contribution in [0, 0.1) is 5.92 Å². The summed E-state index contributed by atoms with van der Waals surface area (Å²) in [6.07, 6.45) is 4.44. The molecule has 1 N–H and O–H groups in total. The highest BCUT2D eigenvalue weighted by molar-refractivity contribution is 5.94. The van der Waals surface area contributed by atoms with Crippen LogP contribution >= 0.6 is 0 Å². The molecule has 0 unspecified atom stereocenters. The molecular formula is C21H26N4O4. The van der Waals surface area contributed by atoms with Crippen LogP contribution in [0.3, 0.4) is 0 Å². The molecule has 0 spiro atoms. The van der Waals surface area contributed by atoms with Crippen LogP contribution in [0.15, 0.2) is 28.8 Å². The molecule has 1 saturated carbocycles. The number of aromatic nitrogens is 2. The molecule has 1 aromatic heterocycles. The molecule has 2 heterocycles. The van der Waals surface area contributed by atoms with Crippen molar-refractivity contribution in [3.8, 4) is 5.75 Å². The summed E-state index contributed by atoms with van der Waals surface area (Å²) in [6.45, 7) is 3.60. The SMILES string of the molecule is CCc1noc(CNC(=O)c2cccc(OC3CCN(C(=O)C4CC4)CC3)c2)n1. The lowest BCUT2D eigenvalue weighted by molar-refractivity contribution is -0.134. The molecule has 8 heteroatoms. The molecule has 1 aromatic carbocycles. The first-order chi connectivity index (χ1) is 14.1. The number of likely N-dealkylation sites (tertiary alicyclic amines) is 1. The fraction of sp³-hybridized carbons (Fsp3) is 0.524. The van der Waals surface area contributed by atoms with Gasteiger partial charge in [0.15, 0.2) is 5.82 Å². The first-order valence-corrected chi connectivity index (χ1v) is 10.3. The topological polar surface area (TPSA) is 97.6 Å². The van der Waals surface area contributed by atoms with E-state index in [2.05, 4.69) is 15.5 Å². The van der Waals surface area contributed by atoms with Gasteiger partial charge < -0.3 is 19.5 Å². The molecule has 4 rings (SSSR count). The van der Waals surface area contributed by atoms with Crippen molar-refractivity contribution in [2.75, 3.05) is 13.1 Å². The Bertz CT molecular complexity index is 869. The Morgan fingerprint density at radius 3 is 2.72 bits per heavy atom. The van der Waals surface area contributed by atoms with E-state index in [9.17, 15) is 9.59 Å². The third-order valence-electron chi connectivity index (χ3n) is 5.31. The van der Waals surface area contributed by atoms with Gasteiger partial charge in [0.2, 0.25) is 11.8 Å². The zero-order valence-electron chi connectivity index (χ0n) is 16.6. The van der Waals surface area contributed by atoms with Crippen LogP contribution in [0.1, 0.15) is 54.7 Å². The highest BCUT2D eigenvalue weighted by Crippen LogP contribution is 2.32. The number of rotatable bonds is 7. The fourth-order valence-electron chi connectivity index (χ4n) is 3.45. The van der Waals surface area contributed by atoms with Gasteiger partial charge in [0, 0.05) is 43.8 Å². The first kappa shape index (κ1) is 19.4. The third kappa shape index (κ3) is 4.93. The average molecular weight is 398 g/mol. The van der Waals surface area contributed by atoms with Crippen molar-refractivity contribution in [2.45, 2.75) is 51.7 Å². The standard InChI is InChI=1S/C21H26N4O4/c1-2-18-23-19(29-24-18)13-22-20(26)15-4-3-5-17(12-15)28-16-8-10-25(11-9-16)21(27)14-6-7-14/h3-5,12,14,16H,2,6-11,13H2,1H3,(H,22,26). The quantitative estimate of drug-likeness (QED) is 0.769. The Morgan fingerprint density at radius 2 is 2.03 bits per heavy atom. The van der Waals surface area contributed by atoms with Gasteiger partial charge in [-0.2, -0.15) is 4.98 Å². The van der Waals surface area contributed by atoms with Crippen LogP contribution in [0.4, 0.5) is 0 Å². The second kappa shape index (κ2) is 8.63. The lowest BCUT2D eigenvalue weighted by atomic mass is 10.1. The van der Waals surface area contributed by atoms with Crippen molar-refractivity contribution in [1.29, 1.82) is 0 Å². The van der Waals surface area contributed by atoms with E-state index in [0.717, 1.165) is 38.8 Å². The van der Waals surface area contributed by atoms with Gasteiger partial charge in [0.1, 0.15) is 11.9 Å². The second-order valence-electron chi connectivity index (χ2n) is 7.59. The number of benzene rings is 1. The summed E-state index contributed by atoms with van der Waals surface area (Å²) >= 11 is 0. The minimum absolute atomic E-state index is 0.0578.